The van der Waals surface area contributed by atoms with Gasteiger partial charge in [-0.25, -0.2) is 9.97 Å². The van der Waals surface area contributed by atoms with Crippen molar-refractivity contribution in [2.75, 3.05) is 13.2 Å². The Bertz CT molecular complexity index is 2430. The second kappa shape index (κ2) is 32.8. The van der Waals surface area contributed by atoms with Gasteiger partial charge >= 0.3 is 0 Å². The third-order valence-electron chi connectivity index (χ3n) is 15.5. The zero-order valence-electron chi connectivity index (χ0n) is 46.4. The fourth-order valence-electron chi connectivity index (χ4n) is 11.2. The fraction of sp³-hybridized carbons (Fsp3) is 0.606. The van der Waals surface area contributed by atoms with Crippen molar-refractivity contribution in [1.29, 1.82) is 0 Å². The molecular weight excluding hydrogens is 1080 g/mol. The highest BCUT2D eigenvalue weighted by molar-refractivity contribution is 9.11. The standard InChI is InChI=1S/C66H92Br2N2O2S2/c1-5-9-13-17-21-23-25-27-29-33-39-50-47-54(73-65(50)67)57-61-62(70-60-53-44-38-42-49-41-37-43-52(56(49)53)59(60)69-61)58(55-48-51(66(68)74-55)40-34-30-28-26-24-22-18-14-10-6-2)64(72-46-36-32-20-16-12-8-4)63(57)71-45-35-31-19-15-11-7-3/h37-38,41-44,47-48H,5-36,39-40,45-46H2,1-4H3. The van der Waals surface area contributed by atoms with Crippen LogP contribution in [0.15, 0.2) is 56.1 Å². The van der Waals surface area contributed by atoms with Crippen LogP contribution in [0.5, 0.6) is 11.5 Å². The molecule has 8 heteroatoms. The van der Waals surface area contributed by atoms with Crippen LogP contribution in [0.3, 0.4) is 0 Å². The Labute approximate surface area is 473 Å². The van der Waals surface area contributed by atoms with Crippen LogP contribution in [0, 0.1) is 0 Å². The topological polar surface area (TPSA) is 44.2 Å². The third kappa shape index (κ3) is 16.6. The van der Waals surface area contributed by atoms with Crippen molar-refractivity contribution in [2.24, 2.45) is 0 Å². The lowest BCUT2D eigenvalue weighted by Crippen LogP contribution is -2.07. The molecule has 0 aliphatic heterocycles. The molecule has 0 atom stereocenters. The number of nitrogens with zero attached hydrogens (tertiary/aromatic N) is 2. The minimum Gasteiger partial charge on any atom is -0.489 e. The van der Waals surface area contributed by atoms with Crippen molar-refractivity contribution in [3.05, 3.63) is 67.2 Å². The highest BCUT2D eigenvalue weighted by atomic mass is 79.9. The lowest BCUT2D eigenvalue weighted by molar-refractivity contribution is 0.260. The molecule has 404 valence electrons. The molecule has 1 aliphatic carbocycles. The molecular formula is C66H92Br2N2O2S2. The molecule has 0 bridgehead atoms. The molecule has 3 aromatic heterocycles. The molecule has 0 saturated carbocycles. The zero-order valence-corrected chi connectivity index (χ0v) is 51.2. The van der Waals surface area contributed by atoms with E-state index in [4.69, 9.17) is 19.4 Å². The van der Waals surface area contributed by atoms with Crippen LogP contribution < -0.4 is 9.47 Å². The van der Waals surface area contributed by atoms with Gasteiger partial charge in [0.25, 0.3) is 0 Å². The summed E-state index contributed by atoms with van der Waals surface area (Å²) in [5.41, 5.74) is 10.9. The minimum atomic E-state index is 0.636. The predicted molar refractivity (Wildman–Crippen MR) is 332 cm³/mol. The van der Waals surface area contributed by atoms with Crippen LogP contribution in [0.2, 0.25) is 0 Å². The summed E-state index contributed by atoms with van der Waals surface area (Å²) in [5, 5.41) is 2.48. The van der Waals surface area contributed by atoms with E-state index in [1.165, 1.54) is 230 Å². The van der Waals surface area contributed by atoms with Crippen molar-refractivity contribution in [2.45, 2.75) is 246 Å². The summed E-state index contributed by atoms with van der Waals surface area (Å²) in [5.74, 6) is 1.69. The highest BCUT2D eigenvalue weighted by Gasteiger charge is 2.33. The number of aryl methyl sites for hydroxylation is 2. The van der Waals surface area contributed by atoms with E-state index in [1.54, 1.807) is 0 Å². The number of rotatable bonds is 40. The monoisotopic (exact) mass is 1170 g/mol. The first-order chi connectivity index (χ1) is 36.5. The summed E-state index contributed by atoms with van der Waals surface area (Å²) in [6.07, 6.45) is 43.3. The highest BCUT2D eigenvalue weighted by Crippen LogP contribution is 2.56. The van der Waals surface area contributed by atoms with Crippen molar-refractivity contribution >= 4 is 76.3 Å². The Kier molecular flexibility index (Phi) is 26.1. The number of unbranched alkanes of at least 4 members (excludes halogenated alkanes) is 28. The first kappa shape index (κ1) is 58.9. The SMILES string of the molecule is CCCCCCCCCCCCc1cc(-c2c(OCCCCCCCC)c(OCCCCCCCC)c(-c3cc(CCCCCCCCCCCC)c(Br)s3)c3nc4c(nc23)-c2cccc3cccc-4c23)sc1Br. The third-order valence-corrected chi connectivity index (χ3v) is 19.5. The number of fused-ring (bicyclic) bond motifs is 4. The molecule has 0 saturated heterocycles. The number of benzene rings is 3. The number of ether oxygens (including phenoxy) is 2. The van der Waals surface area contributed by atoms with Gasteiger partial charge in [0.2, 0.25) is 0 Å². The summed E-state index contributed by atoms with van der Waals surface area (Å²) < 4.78 is 17.1. The van der Waals surface area contributed by atoms with E-state index in [0.29, 0.717) is 13.2 Å². The van der Waals surface area contributed by atoms with Gasteiger partial charge in [-0.2, -0.15) is 0 Å². The van der Waals surface area contributed by atoms with E-state index < -0.39 is 0 Å². The van der Waals surface area contributed by atoms with Crippen LogP contribution >= 0.6 is 54.5 Å². The van der Waals surface area contributed by atoms with Gasteiger partial charge in [0, 0.05) is 26.3 Å². The molecule has 0 amide bonds. The van der Waals surface area contributed by atoms with Crippen LogP contribution in [-0.4, -0.2) is 23.2 Å². The first-order valence-corrected chi connectivity index (χ1v) is 33.5. The van der Waals surface area contributed by atoms with E-state index in [-0.39, 0.29) is 0 Å². The average Bonchev–Trinajstić information content (AvgIpc) is 4.07. The number of hydrogen-bond acceptors (Lipinski definition) is 6. The van der Waals surface area contributed by atoms with Gasteiger partial charge in [0.15, 0.2) is 11.5 Å². The molecule has 0 unspecified atom stereocenters. The van der Waals surface area contributed by atoms with Crippen molar-refractivity contribution < 1.29 is 9.47 Å². The lowest BCUT2D eigenvalue weighted by atomic mass is 9.99. The van der Waals surface area contributed by atoms with Gasteiger partial charge in [-0.3, -0.25) is 0 Å². The predicted octanol–water partition coefficient (Wildman–Crippen LogP) is 23.8. The van der Waals surface area contributed by atoms with Gasteiger partial charge in [-0.05, 0) is 99.0 Å². The van der Waals surface area contributed by atoms with E-state index >= 15 is 0 Å². The van der Waals surface area contributed by atoms with Gasteiger partial charge in [0.05, 0.1) is 43.3 Å². The zero-order chi connectivity index (χ0) is 51.7. The maximum atomic E-state index is 7.33. The van der Waals surface area contributed by atoms with Crippen molar-refractivity contribution in [1.82, 2.24) is 9.97 Å². The first-order valence-electron chi connectivity index (χ1n) is 30.3. The normalized spacial score (nSPS) is 12.0. The molecule has 0 fully saturated rings. The molecule has 7 rings (SSSR count). The Morgan fingerprint density at radius 3 is 1.08 bits per heavy atom. The van der Waals surface area contributed by atoms with E-state index in [0.717, 1.165) is 83.6 Å². The van der Waals surface area contributed by atoms with Crippen molar-refractivity contribution in [3.8, 4) is 54.9 Å². The molecule has 74 heavy (non-hydrogen) atoms. The lowest BCUT2D eigenvalue weighted by Gasteiger charge is -2.22. The van der Waals surface area contributed by atoms with E-state index in [2.05, 4.69) is 108 Å². The Morgan fingerprint density at radius 2 is 0.730 bits per heavy atom. The molecule has 0 spiro atoms. The molecule has 3 aromatic carbocycles. The number of aromatic nitrogens is 2. The minimum absolute atomic E-state index is 0.636. The summed E-state index contributed by atoms with van der Waals surface area (Å²) >= 11 is 11.9. The van der Waals surface area contributed by atoms with Crippen LogP contribution in [0.25, 0.3) is 65.2 Å². The largest absolute Gasteiger partial charge is 0.489 e. The average molecular weight is 1170 g/mol. The molecule has 0 radical (unpaired) electrons. The Hall–Kier alpha value is -2.78. The number of hydrogen-bond donors (Lipinski definition) is 0. The second-order valence-electron chi connectivity index (χ2n) is 21.7. The Morgan fingerprint density at radius 1 is 0.405 bits per heavy atom. The summed E-state index contributed by atoms with van der Waals surface area (Å²) in [4.78, 5) is 14.1. The van der Waals surface area contributed by atoms with Crippen molar-refractivity contribution in [3.63, 3.8) is 0 Å². The van der Waals surface area contributed by atoms with E-state index in [9.17, 15) is 0 Å². The quantitative estimate of drug-likeness (QED) is 0.0359. The summed E-state index contributed by atoms with van der Waals surface area (Å²) in [7, 11) is 0. The van der Waals surface area contributed by atoms with Gasteiger partial charge in [0.1, 0.15) is 11.0 Å². The summed E-state index contributed by atoms with van der Waals surface area (Å²) in [6, 6.07) is 18.2. The smallest absolute Gasteiger partial charge is 0.172 e. The molecule has 6 aromatic rings. The van der Waals surface area contributed by atoms with Crippen LogP contribution in [-0.2, 0) is 12.8 Å². The molecule has 0 N–H and O–H groups in total. The number of thiophene rings is 2. The summed E-state index contributed by atoms with van der Waals surface area (Å²) in [6.45, 7) is 10.5. The second-order valence-corrected chi connectivity index (χ2v) is 26.4. The fourth-order valence-corrected chi connectivity index (χ4v) is 14.8. The van der Waals surface area contributed by atoms with Crippen LogP contribution in [0.4, 0.5) is 0 Å². The maximum Gasteiger partial charge on any atom is 0.172 e. The van der Waals surface area contributed by atoms with Gasteiger partial charge in [-0.15, -0.1) is 22.7 Å². The molecule has 4 nitrogen and oxygen atoms in total. The molecule has 1 aliphatic rings. The Balaban J connectivity index is 1.29. The van der Waals surface area contributed by atoms with Crippen LogP contribution in [0.1, 0.15) is 244 Å². The maximum absolute atomic E-state index is 7.33. The van der Waals surface area contributed by atoms with E-state index in [1.807, 2.05) is 22.7 Å². The van der Waals surface area contributed by atoms with Gasteiger partial charge in [-0.1, -0.05) is 244 Å². The molecule has 3 heterocycles. The number of halogens is 2. The van der Waals surface area contributed by atoms with Gasteiger partial charge < -0.3 is 9.47 Å².